The number of rotatable bonds is 12. The number of ether oxygens (including phenoxy) is 1. The summed E-state index contributed by atoms with van der Waals surface area (Å²) in [5, 5.41) is 7.75. The molecular weight excluding hydrogens is 526 g/mol. The summed E-state index contributed by atoms with van der Waals surface area (Å²) >= 11 is 6.23. The van der Waals surface area contributed by atoms with E-state index in [4.69, 9.17) is 16.3 Å². The molecule has 0 saturated carbocycles. The number of carbonyl (C=O) groups excluding carboxylic acids is 2. The van der Waals surface area contributed by atoms with Crippen molar-refractivity contribution in [1.29, 1.82) is 0 Å². The van der Waals surface area contributed by atoms with Crippen LogP contribution in [0.25, 0.3) is 16.6 Å². The van der Waals surface area contributed by atoms with Crippen LogP contribution in [-0.2, 0) is 22.4 Å². The zero-order valence-corrected chi connectivity index (χ0v) is 22.6. The van der Waals surface area contributed by atoms with Crippen LogP contribution >= 0.6 is 11.6 Å². The second-order valence-corrected chi connectivity index (χ2v) is 9.88. The van der Waals surface area contributed by atoms with Gasteiger partial charge in [-0.05, 0) is 60.4 Å². The van der Waals surface area contributed by atoms with Crippen molar-refractivity contribution in [2.24, 2.45) is 0 Å². The first-order valence-electron chi connectivity index (χ1n) is 13.1. The number of fused-ring (bicyclic) bond motifs is 1. The number of imidazole rings is 1. The number of carbonyl (C=O) groups is 2. The fraction of sp³-hybridized carbons (Fsp3) is 0.194. The molecule has 0 aliphatic heterocycles. The number of hydrogen-bond acceptors (Lipinski definition) is 4. The number of halogens is 1. The second-order valence-electron chi connectivity index (χ2n) is 9.48. The number of nitrogens with zero attached hydrogens (tertiary/aromatic N) is 2. The number of H-pyrrole nitrogens is 1. The molecule has 9 heteroatoms. The molecule has 40 heavy (non-hydrogen) atoms. The summed E-state index contributed by atoms with van der Waals surface area (Å²) in [6.07, 6.45) is 8.61. The molecule has 3 aromatic carbocycles. The summed E-state index contributed by atoms with van der Waals surface area (Å²) in [6.45, 7) is 0.140. The van der Waals surface area contributed by atoms with Crippen molar-refractivity contribution in [2.75, 3.05) is 13.2 Å². The predicted octanol–water partition coefficient (Wildman–Crippen LogP) is 4.86. The Morgan fingerprint density at radius 2 is 1.77 bits per heavy atom. The number of aromatic amines is 1. The van der Waals surface area contributed by atoms with Crippen LogP contribution in [0.4, 0.5) is 0 Å². The Labute approximate surface area is 237 Å². The van der Waals surface area contributed by atoms with Crippen molar-refractivity contribution >= 4 is 34.3 Å². The van der Waals surface area contributed by atoms with Gasteiger partial charge < -0.3 is 24.9 Å². The van der Waals surface area contributed by atoms with E-state index in [0.29, 0.717) is 30.0 Å². The summed E-state index contributed by atoms with van der Waals surface area (Å²) in [5.74, 6) is 0.209. The molecule has 0 aliphatic carbocycles. The van der Waals surface area contributed by atoms with Crippen molar-refractivity contribution < 1.29 is 14.3 Å². The maximum Gasteiger partial charge on any atom is 0.258 e. The van der Waals surface area contributed by atoms with Gasteiger partial charge in [0.2, 0.25) is 5.91 Å². The van der Waals surface area contributed by atoms with Gasteiger partial charge in [-0.1, -0.05) is 48.0 Å². The highest BCUT2D eigenvalue weighted by Crippen LogP contribution is 2.20. The molecule has 204 valence electrons. The van der Waals surface area contributed by atoms with E-state index >= 15 is 0 Å². The Morgan fingerprint density at radius 3 is 2.58 bits per heavy atom. The lowest BCUT2D eigenvalue weighted by Gasteiger charge is -2.20. The van der Waals surface area contributed by atoms with E-state index in [9.17, 15) is 9.59 Å². The van der Waals surface area contributed by atoms with Gasteiger partial charge in [0, 0.05) is 53.2 Å². The van der Waals surface area contributed by atoms with Crippen LogP contribution in [0.5, 0.6) is 5.75 Å². The van der Waals surface area contributed by atoms with Gasteiger partial charge in [-0.2, -0.15) is 0 Å². The Hall–Kier alpha value is -4.56. The first-order chi connectivity index (χ1) is 19.5. The van der Waals surface area contributed by atoms with Gasteiger partial charge in [0.05, 0.1) is 12.4 Å². The molecule has 0 saturated heterocycles. The molecule has 0 spiro atoms. The molecule has 0 bridgehead atoms. The molecular formula is C31H30ClN5O3. The number of hydrogen-bond donors (Lipinski definition) is 3. The normalized spacial score (nSPS) is 11.7. The number of para-hydroxylation sites is 1. The minimum Gasteiger partial charge on any atom is -0.484 e. The molecule has 5 rings (SSSR count). The molecule has 2 heterocycles. The van der Waals surface area contributed by atoms with Gasteiger partial charge in [-0.25, -0.2) is 4.98 Å². The third-order valence-corrected chi connectivity index (χ3v) is 7.01. The van der Waals surface area contributed by atoms with Gasteiger partial charge in [-0.15, -0.1) is 0 Å². The fourth-order valence-corrected chi connectivity index (χ4v) is 4.79. The molecule has 2 aromatic heterocycles. The van der Waals surface area contributed by atoms with Gasteiger partial charge in [0.1, 0.15) is 5.75 Å². The number of aryl methyl sites for hydroxylation is 1. The minimum atomic E-state index is -0.330. The topological polar surface area (TPSA) is 101 Å². The maximum atomic E-state index is 12.9. The van der Waals surface area contributed by atoms with Crippen LogP contribution in [-0.4, -0.2) is 45.5 Å². The highest BCUT2D eigenvalue weighted by atomic mass is 35.5. The van der Waals surface area contributed by atoms with Crippen LogP contribution in [0, 0.1) is 0 Å². The molecule has 1 atom stereocenters. The average molecular weight is 556 g/mol. The Bertz CT molecular complexity index is 1560. The summed E-state index contributed by atoms with van der Waals surface area (Å²) in [5.41, 5.74) is 3.95. The van der Waals surface area contributed by atoms with Crippen LogP contribution in [0.15, 0.2) is 97.7 Å². The molecule has 8 nitrogen and oxygen atoms in total. The average Bonchev–Trinajstić information content (AvgIpc) is 3.66. The number of benzene rings is 3. The molecule has 5 aromatic rings. The number of aromatic nitrogens is 3. The van der Waals surface area contributed by atoms with Crippen molar-refractivity contribution in [3.05, 3.63) is 114 Å². The highest BCUT2D eigenvalue weighted by molar-refractivity contribution is 6.31. The molecule has 1 unspecified atom stereocenters. The first kappa shape index (κ1) is 27.0. The van der Waals surface area contributed by atoms with Gasteiger partial charge in [-0.3, -0.25) is 9.59 Å². The third kappa shape index (κ3) is 7.09. The Balaban J connectivity index is 1.18. The van der Waals surface area contributed by atoms with Crippen molar-refractivity contribution in [2.45, 2.75) is 25.3 Å². The quantitative estimate of drug-likeness (QED) is 0.205. The van der Waals surface area contributed by atoms with E-state index < -0.39 is 0 Å². The lowest BCUT2D eigenvalue weighted by Crippen LogP contribution is -2.46. The maximum absolute atomic E-state index is 12.9. The lowest BCUT2D eigenvalue weighted by molar-refractivity contribution is -0.125. The standard InChI is InChI=1S/C31H30ClN5O3/c32-28-7-3-1-5-22(28)9-14-30(38)35-19-24(17-23-18-34-29-8-4-2-6-27(23)29)36-31(39)20-40-26-12-10-25(11-13-26)37-16-15-33-21-37/h1-8,10-13,15-16,18,21,24,34H,9,14,17,19-20H2,(H,35,38)(H,36,39). The molecule has 0 fully saturated rings. The Kier molecular flexibility index (Phi) is 8.78. The van der Waals surface area contributed by atoms with Crippen molar-refractivity contribution in [3.8, 4) is 11.4 Å². The van der Waals surface area contributed by atoms with E-state index in [2.05, 4.69) is 20.6 Å². The van der Waals surface area contributed by atoms with Gasteiger partial charge in [0.15, 0.2) is 6.61 Å². The monoisotopic (exact) mass is 555 g/mol. The minimum absolute atomic E-state index is 0.104. The second kappa shape index (κ2) is 13.0. The van der Waals surface area contributed by atoms with E-state index in [1.54, 1.807) is 12.5 Å². The molecule has 0 radical (unpaired) electrons. The third-order valence-electron chi connectivity index (χ3n) is 6.64. The number of nitrogens with one attached hydrogen (secondary N) is 3. The zero-order valence-electron chi connectivity index (χ0n) is 21.8. The van der Waals surface area contributed by atoms with Crippen LogP contribution in [0.1, 0.15) is 17.5 Å². The van der Waals surface area contributed by atoms with E-state index in [1.165, 1.54) is 0 Å². The first-order valence-corrected chi connectivity index (χ1v) is 13.5. The van der Waals surface area contributed by atoms with E-state index in [-0.39, 0.29) is 31.0 Å². The summed E-state index contributed by atoms with van der Waals surface area (Å²) < 4.78 is 7.61. The van der Waals surface area contributed by atoms with Crippen LogP contribution < -0.4 is 15.4 Å². The largest absolute Gasteiger partial charge is 0.484 e. The van der Waals surface area contributed by atoms with Crippen molar-refractivity contribution in [1.82, 2.24) is 25.2 Å². The molecule has 0 aliphatic rings. The highest BCUT2D eigenvalue weighted by Gasteiger charge is 2.17. The summed E-state index contributed by atoms with van der Waals surface area (Å²) in [7, 11) is 0. The van der Waals surface area contributed by atoms with Crippen LogP contribution in [0.3, 0.4) is 0 Å². The molecule has 2 amide bonds. The van der Waals surface area contributed by atoms with E-state index in [1.807, 2.05) is 89.8 Å². The lowest BCUT2D eigenvalue weighted by atomic mass is 10.0. The zero-order chi connectivity index (χ0) is 27.7. The summed E-state index contributed by atoms with van der Waals surface area (Å²) in [6, 6.07) is 22.6. The smallest absolute Gasteiger partial charge is 0.258 e. The summed E-state index contributed by atoms with van der Waals surface area (Å²) in [4.78, 5) is 32.9. The fourth-order valence-electron chi connectivity index (χ4n) is 4.56. The predicted molar refractivity (Wildman–Crippen MR) is 156 cm³/mol. The number of amides is 2. The van der Waals surface area contributed by atoms with Crippen LogP contribution in [0.2, 0.25) is 5.02 Å². The van der Waals surface area contributed by atoms with Gasteiger partial charge >= 0.3 is 0 Å². The SMILES string of the molecule is O=C(CCc1ccccc1Cl)NCC(Cc1c[nH]c2ccccc12)NC(=O)COc1ccc(-n2ccnc2)cc1. The molecule has 3 N–H and O–H groups in total. The Morgan fingerprint density at radius 1 is 0.975 bits per heavy atom. The van der Waals surface area contributed by atoms with Gasteiger partial charge in [0.25, 0.3) is 5.91 Å². The van der Waals surface area contributed by atoms with E-state index in [0.717, 1.165) is 27.7 Å². The van der Waals surface area contributed by atoms with Crippen molar-refractivity contribution in [3.63, 3.8) is 0 Å².